The van der Waals surface area contributed by atoms with Crippen molar-refractivity contribution >= 4 is 22.5 Å². The summed E-state index contributed by atoms with van der Waals surface area (Å²) in [7, 11) is 0. The van der Waals surface area contributed by atoms with Gasteiger partial charge in [0.2, 0.25) is 0 Å². The molecule has 3 aliphatic carbocycles. The summed E-state index contributed by atoms with van der Waals surface area (Å²) >= 11 is 1.49. The molecule has 0 bridgehead atoms. The molecule has 0 aliphatic heterocycles. The molecule has 0 spiro atoms. The molecule has 3 fully saturated rings. The molecule has 1 heteroatoms. The third kappa shape index (κ3) is 4.32. The molecule has 3 aliphatic rings. The van der Waals surface area contributed by atoms with Crippen molar-refractivity contribution in [3.8, 4) is 0 Å². The van der Waals surface area contributed by atoms with Gasteiger partial charge in [0.15, 0.2) is 0 Å². The van der Waals surface area contributed by atoms with Gasteiger partial charge in [0.05, 0.1) is 0 Å². The van der Waals surface area contributed by atoms with Crippen molar-refractivity contribution in [1.29, 1.82) is 0 Å². The van der Waals surface area contributed by atoms with Crippen LogP contribution >= 0.6 is 0 Å². The van der Waals surface area contributed by atoms with Crippen LogP contribution in [0.2, 0.25) is 4.44 Å². The van der Waals surface area contributed by atoms with Crippen LogP contribution in [0, 0.1) is 23.2 Å². The first-order valence-electron chi connectivity index (χ1n) is 11.1. The molecule has 0 nitrogen and oxygen atoms in total. The summed E-state index contributed by atoms with van der Waals surface area (Å²) in [4.78, 5) is 0. The second kappa shape index (κ2) is 9.48. The van der Waals surface area contributed by atoms with E-state index >= 15 is 0 Å². The Labute approximate surface area is 159 Å². The van der Waals surface area contributed by atoms with Gasteiger partial charge in [-0.05, 0) is 0 Å². The van der Waals surface area contributed by atoms with E-state index in [0.717, 1.165) is 23.2 Å². The van der Waals surface area contributed by atoms with Crippen LogP contribution in [0.15, 0.2) is 0 Å². The monoisotopic (exact) mass is 424 g/mol. The summed E-state index contributed by atoms with van der Waals surface area (Å²) in [6, 6.07) is 0. The van der Waals surface area contributed by atoms with Crippen LogP contribution in [-0.4, -0.2) is 22.5 Å². The average Bonchev–Trinajstić information content (AvgIpc) is 2.65. The van der Waals surface area contributed by atoms with Crippen molar-refractivity contribution in [1.82, 2.24) is 0 Å². The van der Waals surface area contributed by atoms with Gasteiger partial charge in [0.25, 0.3) is 0 Å². The van der Waals surface area contributed by atoms with Crippen LogP contribution in [0.1, 0.15) is 109 Å². The number of hydrogen-bond donors (Lipinski definition) is 0. The van der Waals surface area contributed by atoms with Crippen molar-refractivity contribution in [3.63, 3.8) is 0 Å². The third-order valence-corrected chi connectivity index (χ3v) is 9.07. The zero-order valence-corrected chi connectivity index (χ0v) is 18.8. The van der Waals surface area contributed by atoms with Crippen molar-refractivity contribution < 1.29 is 0 Å². The summed E-state index contributed by atoms with van der Waals surface area (Å²) in [6.07, 6.45) is 26.6. The van der Waals surface area contributed by atoms with Crippen molar-refractivity contribution in [3.05, 3.63) is 0 Å². The second-order valence-corrected chi connectivity index (χ2v) is 10.7. The summed E-state index contributed by atoms with van der Waals surface area (Å²) in [6.45, 7) is 0. The predicted molar refractivity (Wildman–Crippen MR) is 103 cm³/mol. The Morgan fingerprint density at radius 2 is 0.913 bits per heavy atom. The van der Waals surface area contributed by atoms with E-state index in [4.69, 9.17) is 0 Å². The molecule has 0 heterocycles. The average molecular weight is 423 g/mol. The third-order valence-electron chi connectivity index (χ3n) is 7.91. The van der Waals surface area contributed by atoms with Gasteiger partial charge in [-0.3, -0.25) is 0 Å². The topological polar surface area (TPSA) is 0 Å². The maximum atomic E-state index is 1.62. The van der Waals surface area contributed by atoms with Gasteiger partial charge in [0.1, 0.15) is 0 Å². The molecule has 0 aromatic heterocycles. The van der Waals surface area contributed by atoms with Crippen LogP contribution in [-0.2, 0) is 0 Å². The first-order chi connectivity index (χ1) is 11.4. The molecule has 0 amide bonds. The van der Waals surface area contributed by atoms with Gasteiger partial charge in [0, 0.05) is 0 Å². The summed E-state index contributed by atoms with van der Waals surface area (Å²) in [5.74, 6) is 3.32. The maximum absolute atomic E-state index is 1.62. The van der Waals surface area contributed by atoms with Crippen LogP contribution < -0.4 is 0 Å². The van der Waals surface area contributed by atoms with E-state index in [0.29, 0.717) is 0 Å². The van der Waals surface area contributed by atoms with E-state index in [1.54, 1.807) is 94.3 Å². The predicted octanol–water partition coefficient (Wildman–Crippen LogP) is 6.81. The van der Waals surface area contributed by atoms with Gasteiger partial charge in [-0.2, -0.15) is 0 Å². The Balaban J connectivity index is 1.88. The molecule has 3 rings (SSSR count). The Kier molecular flexibility index (Phi) is 7.66. The quantitative estimate of drug-likeness (QED) is 0.412. The molecule has 132 valence electrons. The van der Waals surface area contributed by atoms with Crippen molar-refractivity contribution in [2.75, 3.05) is 0 Å². The fourth-order valence-electron chi connectivity index (χ4n) is 6.94. The van der Waals surface area contributed by atoms with Gasteiger partial charge >= 0.3 is 159 Å². The molecular formula is C22H40Sn. The zero-order chi connectivity index (χ0) is 16.0. The Bertz CT molecular complexity index is 273. The first-order valence-corrected chi connectivity index (χ1v) is 13.4. The summed E-state index contributed by atoms with van der Waals surface area (Å²) in [5.41, 5.74) is 0.782. The Morgan fingerprint density at radius 3 is 1.22 bits per heavy atom. The van der Waals surface area contributed by atoms with E-state index in [9.17, 15) is 0 Å². The van der Waals surface area contributed by atoms with Crippen LogP contribution in [0.5, 0.6) is 0 Å². The number of rotatable bonds is 6. The molecule has 0 saturated heterocycles. The van der Waals surface area contributed by atoms with Gasteiger partial charge < -0.3 is 0 Å². The fourth-order valence-corrected chi connectivity index (χ4v) is 7.52. The molecular weight excluding hydrogens is 383 g/mol. The molecule has 0 N–H and O–H groups in total. The summed E-state index contributed by atoms with van der Waals surface area (Å²) < 4.78 is 1.54. The van der Waals surface area contributed by atoms with Gasteiger partial charge in [-0.15, -0.1) is 0 Å². The van der Waals surface area contributed by atoms with E-state index in [1.165, 1.54) is 41.8 Å². The normalized spacial score (nSPS) is 26.5. The van der Waals surface area contributed by atoms with Gasteiger partial charge in [-0.1, -0.05) is 0 Å². The van der Waals surface area contributed by atoms with E-state index < -0.39 is 0 Å². The Morgan fingerprint density at radius 1 is 0.565 bits per heavy atom. The van der Waals surface area contributed by atoms with Gasteiger partial charge in [-0.25, -0.2) is 0 Å². The van der Waals surface area contributed by atoms with E-state index in [2.05, 4.69) is 0 Å². The minimum atomic E-state index is 0.782. The molecule has 2 radical (unpaired) electrons. The van der Waals surface area contributed by atoms with E-state index in [1.807, 2.05) is 0 Å². The second-order valence-electron chi connectivity index (χ2n) is 9.01. The first kappa shape index (κ1) is 18.6. The molecule has 0 unspecified atom stereocenters. The summed E-state index contributed by atoms with van der Waals surface area (Å²) in [5, 5.41) is 0. The standard InChI is InChI=1S/C22H39.Sn.H/c1-2-18-22(19-12-6-3-7-13-19,20-14-8-4-9-15-20)21-16-10-5-11-17-21;;/h19-21H,1-18H2;;. The number of hydrogen-bond acceptors (Lipinski definition) is 0. The van der Waals surface area contributed by atoms with Crippen LogP contribution in [0.4, 0.5) is 0 Å². The zero-order valence-electron chi connectivity index (χ0n) is 15.5. The van der Waals surface area contributed by atoms with Crippen LogP contribution in [0.3, 0.4) is 0 Å². The fraction of sp³-hybridized carbons (Fsp3) is 1.00. The van der Waals surface area contributed by atoms with Crippen LogP contribution in [0.25, 0.3) is 0 Å². The van der Waals surface area contributed by atoms with Crippen molar-refractivity contribution in [2.24, 2.45) is 23.2 Å². The molecule has 23 heavy (non-hydrogen) atoms. The van der Waals surface area contributed by atoms with Crippen molar-refractivity contribution in [2.45, 2.75) is 114 Å². The molecule has 3 saturated carbocycles. The Hall–Kier alpha value is 0.799. The minimum absolute atomic E-state index is 0.782. The SMILES string of the molecule is [SnH][CH2]CCC(C1CCCCC1)(C1CCCCC1)C1CCCCC1. The molecule has 0 atom stereocenters. The molecule has 0 aromatic carbocycles. The molecule has 0 aromatic rings. The van der Waals surface area contributed by atoms with E-state index in [-0.39, 0.29) is 0 Å².